The topological polar surface area (TPSA) is 104 Å². The molecule has 0 aliphatic carbocycles. The Kier molecular flexibility index (Phi) is 4.89. The van der Waals surface area contributed by atoms with Crippen molar-refractivity contribution < 1.29 is 19.7 Å². The van der Waals surface area contributed by atoms with Gasteiger partial charge in [0.2, 0.25) is 0 Å². The molecule has 0 radical (unpaired) electrons. The van der Waals surface area contributed by atoms with Crippen LogP contribution in [0.5, 0.6) is 0 Å². The van der Waals surface area contributed by atoms with Crippen LogP contribution in [0.25, 0.3) is 0 Å². The molecule has 0 unspecified atom stereocenters. The van der Waals surface area contributed by atoms with Crippen LogP contribution in [-0.2, 0) is 4.79 Å². The van der Waals surface area contributed by atoms with Gasteiger partial charge in [0.15, 0.2) is 6.54 Å². The standard InChI is InChI=1S/C5H12NO4PS/c6-4(5(7)8)2-1-3-11(9,10)12/h3-4,9-10,12H,1-2,6H2,(H,7,8)/t4-/m1/s1. The van der Waals surface area contributed by atoms with Crippen molar-refractivity contribution in [3.63, 3.8) is 0 Å². The predicted octanol–water partition coefficient (Wildman–Crippen LogP) is -0.342. The molecule has 0 aromatic rings. The van der Waals surface area contributed by atoms with E-state index in [1.165, 1.54) is 5.80 Å². The molecule has 0 aliphatic heterocycles. The van der Waals surface area contributed by atoms with E-state index in [4.69, 9.17) is 20.6 Å². The lowest BCUT2D eigenvalue weighted by atomic mass is 10.2. The highest BCUT2D eigenvalue weighted by Gasteiger charge is 2.10. The van der Waals surface area contributed by atoms with E-state index < -0.39 is 18.6 Å². The highest BCUT2D eigenvalue weighted by molar-refractivity contribution is 8.47. The van der Waals surface area contributed by atoms with Crippen LogP contribution in [0, 0.1) is 0 Å². The fourth-order valence-electron chi connectivity index (χ4n) is 0.551. The summed E-state index contributed by atoms with van der Waals surface area (Å²) in [5.74, 6) is 0.0845. The zero-order valence-electron chi connectivity index (χ0n) is 6.29. The number of nitrogens with two attached hydrogens (primary N) is 1. The number of carboxylic acid groups (broad SMARTS) is 1. The summed E-state index contributed by atoms with van der Waals surface area (Å²) >= 11 is 3.49. The molecule has 5 N–H and O–H groups in total. The van der Waals surface area contributed by atoms with Crippen molar-refractivity contribution in [3.05, 3.63) is 0 Å². The van der Waals surface area contributed by atoms with Gasteiger partial charge in [-0.3, -0.25) is 4.79 Å². The number of carbonyl (C=O) groups is 1. The Bertz CT molecular complexity index is 205. The van der Waals surface area contributed by atoms with Crippen molar-refractivity contribution in [3.8, 4) is 0 Å². The van der Waals surface area contributed by atoms with Gasteiger partial charge in [0.05, 0.1) is 0 Å². The third-order valence-corrected chi connectivity index (χ3v) is 2.41. The first-order chi connectivity index (χ1) is 5.33. The number of rotatable bonds is 4. The van der Waals surface area contributed by atoms with Gasteiger partial charge < -0.3 is 20.6 Å². The van der Waals surface area contributed by atoms with Crippen molar-refractivity contribution >= 4 is 30.6 Å². The van der Waals surface area contributed by atoms with Gasteiger partial charge in [-0.05, 0) is 18.6 Å². The van der Waals surface area contributed by atoms with E-state index in [0.29, 0.717) is 0 Å². The largest absolute Gasteiger partial charge is 0.480 e. The van der Waals surface area contributed by atoms with Crippen molar-refractivity contribution in [2.24, 2.45) is 5.73 Å². The molecule has 0 aliphatic rings. The quantitative estimate of drug-likeness (QED) is 0.324. The molecule has 0 aromatic carbocycles. The Morgan fingerprint density at radius 3 is 2.50 bits per heavy atom. The van der Waals surface area contributed by atoms with Crippen LogP contribution in [0.4, 0.5) is 0 Å². The van der Waals surface area contributed by atoms with Gasteiger partial charge in [0.25, 0.3) is 0 Å². The second kappa shape index (κ2) is 4.89. The normalized spacial score (nSPS) is 14.0. The maximum absolute atomic E-state index is 10.2. The van der Waals surface area contributed by atoms with Gasteiger partial charge in [0.1, 0.15) is 6.04 Å². The van der Waals surface area contributed by atoms with Crippen LogP contribution in [0.15, 0.2) is 0 Å². The van der Waals surface area contributed by atoms with E-state index in [0.717, 1.165) is 0 Å². The maximum atomic E-state index is 10.2. The molecular weight excluding hydrogens is 201 g/mol. The minimum absolute atomic E-state index is 0.179. The lowest BCUT2D eigenvalue weighted by molar-refractivity contribution is -0.138. The molecule has 0 aromatic heterocycles. The van der Waals surface area contributed by atoms with E-state index in [1.54, 1.807) is 0 Å². The molecule has 0 spiro atoms. The van der Waals surface area contributed by atoms with Gasteiger partial charge in [-0.25, -0.2) is 0 Å². The molecule has 1 atom stereocenters. The zero-order chi connectivity index (χ0) is 9.78. The van der Waals surface area contributed by atoms with Gasteiger partial charge in [-0.1, -0.05) is 12.2 Å². The first kappa shape index (κ1) is 12.0. The van der Waals surface area contributed by atoms with Crippen molar-refractivity contribution in [1.82, 2.24) is 0 Å². The zero-order valence-corrected chi connectivity index (χ0v) is 8.08. The van der Waals surface area contributed by atoms with Crippen LogP contribution >= 0.6 is 18.8 Å². The lowest BCUT2D eigenvalue weighted by Crippen LogP contribution is -2.29. The number of carboxylic acids is 1. The summed E-state index contributed by atoms with van der Waals surface area (Å²) in [5.41, 5.74) is 5.15. The second-order valence-corrected chi connectivity index (χ2v) is 5.68. The molecule has 7 heteroatoms. The Balaban J connectivity index is 3.79. The average molecular weight is 213 g/mol. The van der Waals surface area contributed by atoms with Crippen molar-refractivity contribution in [2.45, 2.75) is 18.9 Å². The third kappa shape index (κ3) is 6.69. The van der Waals surface area contributed by atoms with Gasteiger partial charge in [-0.2, -0.15) is 0 Å². The lowest BCUT2D eigenvalue weighted by Gasteiger charge is -2.05. The number of hydrogen-bond donors (Lipinski definition) is 5. The molecule has 72 valence electrons. The molecule has 12 heavy (non-hydrogen) atoms. The summed E-state index contributed by atoms with van der Waals surface area (Å²) in [6.45, 7) is -3.18. The summed E-state index contributed by atoms with van der Waals surface area (Å²) in [4.78, 5) is 27.7. The third-order valence-electron chi connectivity index (χ3n) is 1.17. The Labute approximate surface area is 75.5 Å². The summed E-state index contributed by atoms with van der Waals surface area (Å²) < 4.78 is 0. The first-order valence-electron chi connectivity index (χ1n) is 3.22. The van der Waals surface area contributed by atoms with E-state index in [1.807, 2.05) is 0 Å². The Morgan fingerprint density at radius 1 is 1.67 bits per heavy atom. The summed E-state index contributed by atoms with van der Waals surface area (Å²) in [5, 5.41) is 8.34. The molecule has 0 saturated carbocycles. The van der Waals surface area contributed by atoms with Gasteiger partial charge in [0, 0.05) is 0 Å². The summed E-state index contributed by atoms with van der Waals surface area (Å²) in [6.07, 6.45) is 0.413. The molecule has 0 bridgehead atoms. The molecule has 0 heterocycles. The van der Waals surface area contributed by atoms with Crippen molar-refractivity contribution in [2.75, 3.05) is 0 Å². The van der Waals surface area contributed by atoms with Crippen molar-refractivity contribution in [1.29, 1.82) is 0 Å². The highest BCUT2D eigenvalue weighted by Crippen LogP contribution is 2.41. The fraction of sp³-hybridized carbons (Fsp3) is 0.600. The van der Waals surface area contributed by atoms with E-state index >= 15 is 0 Å². The number of hydrogen-bond acceptors (Lipinski definition) is 5. The SMILES string of the molecule is N[C@H](CCC=P(O)(O)S)C(=O)O. The molecular formula is C5H12NO4PS. The Morgan fingerprint density at radius 2 is 2.17 bits per heavy atom. The summed E-state index contributed by atoms with van der Waals surface area (Å²) in [7, 11) is 0. The number of thiol groups is 1. The minimum Gasteiger partial charge on any atom is -0.480 e. The fourth-order valence-corrected chi connectivity index (χ4v) is 1.39. The van der Waals surface area contributed by atoms with E-state index in [-0.39, 0.29) is 12.8 Å². The van der Waals surface area contributed by atoms with Crippen LogP contribution in [0.3, 0.4) is 0 Å². The van der Waals surface area contributed by atoms with E-state index in [2.05, 4.69) is 12.2 Å². The summed E-state index contributed by atoms with van der Waals surface area (Å²) in [6, 6.07) is -0.957. The predicted molar refractivity (Wildman–Crippen MR) is 51.3 cm³/mol. The van der Waals surface area contributed by atoms with Gasteiger partial charge >= 0.3 is 5.97 Å². The van der Waals surface area contributed by atoms with Crippen LogP contribution < -0.4 is 5.73 Å². The minimum atomic E-state index is -3.18. The van der Waals surface area contributed by atoms with Crippen LogP contribution in [-0.4, -0.2) is 32.7 Å². The molecule has 0 amide bonds. The highest BCUT2D eigenvalue weighted by atomic mass is 32.7. The maximum Gasteiger partial charge on any atom is 0.320 e. The number of aliphatic carboxylic acids is 1. The van der Waals surface area contributed by atoms with Gasteiger partial charge in [-0.15, -0.1) is 0 Å². The second-order valence-electron chi connectivity index (χ2n) is 2.32. The molecule has 0 fully saturated rings. The monoisotopic (exact) mass is 213 g/mol. The van der Waals surface area contributed by atoms with Crippen LogP contribution in [0.1, 0.15) is 12.8 Å². The average Bonchev–Trinajstić information content (AvgIpc) is 1.84. The smallest absolute Gasteiger partial charge is 0.320 e. The molecule has 0 rings (SSSR count). The first-order valence-corrected chi connectivity index (χ1v) is 6.14. The van der Waals surface area contributed by atoms with E-state index in [9.17, 15) is 4.79 Å². The van der Waals surface area contributed by atoms with Crippen LogP contribution in [0.2, 0.25) is 0 Å². The molecule has 5 nitrogen and oxygen atoms in total. The molecule has 0 saturated heterocycles. The Hall–Kier alpha value is 0.